The molecule has 0 aliphatic carbocycles. The van der Waals surface area contributed by atoms with Gasteiger partial charge in [-0.2, -0.15) is 9.98 Å². The second kappa shape index (κ2) is 4.73. The summed E-state index contributed by atoms with van der Waals surface area (Å²) in [5, 5.41) is 14.3. The van der Waals surface area contributed by atoms with Crippen molar-refractivity contribution in [1.82, 2.24) is 4.90 Å². The molecular formula is C9H14N8. The van der Waals surface area contributed by atoms with Gasteiger partial charge in [0.2, 0.25) is 11.9 Å². The number of hydrogen-bond donors (Lipinski definition) is 3. The fourth-order valence-corrected chi connectivity index (χ4v) is 1.86. The Kier molecular flexibility index (Phi) is 3.12. The van der Waals surface area contributed by atoms with Crippen LogP contribution in [0, 0.1) is 5.41 Å². The molecule has 1 fully saturated rings. The summed E-state index contributed by atoms with van der Waals surface area (Å²) >= 11 is 0. The van der Waals surface area contributed by atoms with E-state index in [0.29, 0.717) is 5.96 Å². The first kappa shape index (κ1) is 11.2. The molecule has 90 valence electrons. The second-order valence-corrected chi connectivity index (χ2v) is 3.72. The van der Waals surface area contributed by atoms with Crippen LogP contribution in [0.1, 0.15) is 19.3 Å². The molecule has 0 aromatic rings. The molecule has 0 radical (unpaired) electrons. The van der Waals surface area contributed by atoms with E-state index in [2.05, 4.69) is 20.3 Å². The van der Waals surface area contributed by atoms with E-state index in [0.717, 1.165) is 31.5 Å². The van der Waals surface area contributed by atoms with E-state index in [1.54, 1.807) is 6.08 Å². The largest absolute Gasteiger partial charge is 0.369 e. The van der Waals surface area contributed by atoms with Gasteiger partial charge in [0.1, 0.15) is 0 Å². The van der Waals surface area contributed by atoms with E-state index in [9.17, 15) is 0 Å². The van der Waals surface area contributed by atoms with Gasteiger partial charge in [0.15, 0.2) is 5.84 Å². The average Bonchev–Trinajstić information content (AvgIpc) is 2.28. The third-order valence-corrected chi connectivity index (χ3v) is 2.58. The maximum absolute atomic E-state index is 7.52. The van der Waals surface area contributed by atoms with E-state index in [4.69, 9.17) is 17.0 Å². The number of hydrogen-bond acceptors (Lipinski definition) is 5. The first-order valence-electron chi connectivity index (χ1n) is 5.31. The lowest BCUT2D eigenvalue weighted by Gasteiger charge is -2.30. The summed E-state index contributed by atoms with van der Waals surface area (Å²) in [6, 6.07) is 0. The minimum absolute atomic E-state index is 0.203. The molecule has 5 N–H and O–H groups in total. The van der Waals surface area contributed by atoms with Crippen molar-refractivity contribution in [3.63, 3.8) is 0 Å². The lowest BCUT2D eigenvalue weighted by molar-refractivity contribution is 0.410. The Labute approximate surface area is 98.3 Å². The predicted octanol–water partition coefficient (Wildman–Crippen LogP) is 0.344. The molecule has 8 nitrogen and oxygen atoms in total. The van der Waals surface area contributed by atoms with Crippen molar-refractivity contribution in [2.75, 3.05) is 6.54 Å². The molecule has 2 aliphatic rings. The molecule has 2 heterocycles. The molecule has 8 heteroatoms. The first-order chi connectivity index (χ1) is 8.20. The average molecular weight is 234 g/mol. The topological polar surface area (TPSA) is 129 Å². The van der Waals surface area contributed by atoms with Crippen molar-refractivity contribution in [2.45, 2.75) is 19.3 Å². The summed E-state index contributed by atoms with van der Waals surface area (Å²) in [7, 11) is 0. The van der Waals surface area contributed by atoms with Crippen molar-refractivity contribution in [2.24, 2.45) is 31.9 Å². The molecule has 0 unspecified atom stereocenters. The summed E-state index contributed by atoms with van der Waals surface area (Å²) in [6.45, 7) is 0.793. The maximum Gasteiger partial charge on any atom is 0.247 e. The van der Waals surface area contributed by atoms with Crippen LogP contribution in [-0.2, 0) is 0 Å². The zero-order valence-corrected chi connectivity index (χ0v) is 9.30. The number of nitrogens with one attached hydrogen (secondary N) is 1. The Balaban J connectivity index is 2.43. The Hall–Kier alpha value is -2.25. The van der Waals surface area contributed by atoms with Crippen LogP contribution in [-0.4, -0.2) is 29.2 Å². The quantitative estimate of drug-likeness (QED) is 0.317. The van der Waals surface area contributed by atoms with Crippen molar-refractivity contribution < 1.29 is 0 Å². The van der Waals surface area contributed by atoms with Crippen LogP contribution in [0.5, 0.6) is 0 Å². The highest BCUT2D eigenvalue weighted by Crippen LogP contribution is 2.21. The fourth-order valence-electron chi connectivity index (χ4n) is 1.86. The third-order valence-electron chi connectivity index (χ3n) is 2.58. The number of guanidine groups is 2. The Bertz CT molecular complexity index is 444. The van der Waals surface area contributed by atoms with E-state index >= 15 is 0 Å². The highest BCUT2D eigenvalue weighted by Gasteiger charge is 2.20. The zero-order chi connectivity index (χ0) is 12.3. The SMILES string of the molecule is N=C1N=C(N=NN)C=C2CCCCN2C(N)=N1. The molecule has 2 aliphatic heterocycles. The van der Waals surface area contributed by atoms with Crippen LogP contribution in [0.25, 0.3) is 0 Å². The molecule has 0 aromatic carbocycles. The first-order valence-corrected chi connectivity index (χ1v) is 5.31. The van der Waals surface area contributed by atoms with Gasteiger partial charge in [-0.25, -0.2) is 0 Å². The number of fused-ring (bicyclic) bond motifs is 1. The van der Waals surface area contributed by atoms with Crippen LogP contribution in [0.2, 0.25) is 0 Å². The number of rotatable bonds is 0. The smallest absolute Gasteiger partial charge is 0.247 e. The van der Waals surface area contributed by atoms with Crippen LogP contribution in [0.15, 0.2) is 32.1 Å². The number of nitrogens with zero attached hydrogens (tertiary/aromatic N) is 5. The van der Waals surface area contributed by atoms with Gasteiger partial charge in [-0.1, -0.05) is 5.22 Å². The van der Waals surface area contributed by atoms with Gasteiger partial charge in [-0.3, -0.25) is 5.41 Å². The molecule has 17 heavy (non-hydrogen) atoms. The Morgan fingerprint density at radius 2 is 2.18 bits per heavy atom. The third kappa shape index (κ3) is 2.47. The molecule has 0 saturated carbocycles. The van der Waals surface area contributed by atoms with Gasteiger partial charge >= 0.3 is 0 Å². The highest BCUT2D eigenvalue weighted by molar-refractivity contribution is 6.06. The fraction of sp³-hybridized carbons (Fsp3) is 0.444. The number of allylic oxidation sites excluding steroid dienone is 1. The highest BCUT2D eigenvalue weighted by atomic mass is 15.3. The van der Waals surface area contributed by atoms with Gasteiger partial charge in [-0.05, 0) is 19.3 Å². The minimum Gasteiger partial charge on any atom is -0.369 e. The Morgan fingerprint density at radius 3 is 2.94 bits per heavy atom. The van der Waals surface area contributed by atoms with Crippen molar-refractivity contribution in [3.8, 4) is 0 Å². The summed E-state index contributed by atoms with van der Waals surface area (Å²) in [6.07, 6.45) is 4.75. The molecule has 2 rings (SSSR count). The van der Waals surface area contributed by atoms with E-state index < -0.39 is 0 Å². The van der Waals surface area contributed by atoms with Crippen molar-refractivity contribution >= 4 is 17.8 Å². The maximum atomic E-state index is 7.52. The van der Waals surface area contributed by atoms with E-state index in [1.165, 1.54) is 0 Å². The van der Waals surface area contributed by atoms with Crippen molar-refractivity contribution in [3.05, 3.63) is 11.8 Å². The van der Waals surface area contributed by atoms with Crippen LogP contribution >= 0.6 is 0 Å². The van der Waals surface area contributed by atoms with E-state index in [-0.39, 0.29) is 11.8 Å². The Morgan fingerprint density at radius 1 is 1.35 bits per heavy atom. The monoisotopic (exact) mass is 234 g/mol. The molecule has 0 aromatic heterocycles. The van der Waals surface area contributed by atoms with Gasteiger partial charge in [0, 0.05) is 18.3 Å². The van der Waals surface area contributed by atoms with Crippen molar-refractivity contribution in [1.29, 1.82) is 5.41 Å². The molecule has 0 atom stereocenters. The predicted molar refractivity (Wildman–Crippen MR) is 64.5 cm³/mol. The summed E-state index contributed by atoms with van der Waals surface area (Å²) in [5.41, 5.74) is 6.80. The lowest BCUT2D eigenvalue weighted by Crippen LogP contribution is -2.40. The number of amidine groups is 1. The standard InChI is InChI=1S/C9H14N8/c10-8-13-7(15-16-12)5-6-3-1-2-4-17(6)9(11)14-8/h5H,1-4H2,(H5,10,11,12,13,14,15). The number of aliphatic imine (C=N–C) groups is 2. The molecule has 1 saturated heterocycles. The molecule has 0 spiro atoms. The van der Waals surface area contributed by atoms with Crippen LogP contribution in [0.3, 0.4) is 0 Å². The molecular weight excluding hydrogens is 220 g/mol. The number of nitrogens with two attached hydrogens (primary N) is 2. The summed E-state index contributed by atoms with van der Waals surface area (Å²) < 4.78 is 0. The summed E-state index contributed by atoms with van der Waals surface area (Å²) in [4.78, 5) is 9.62. The van der Waals surface area contributed by atoms with Gasteiger partial charge in [0.25, 0.3) is 0 Å². The van der Waals surface area contributed by atoms with Gasteiger partial charge in [0.05, 0.1) is 0 Å². The molecule has 0 bridgehead atoms. The molecule has 0 amide bonds. The minimum atomic E-state index is -0.203. The van der Waals surface area contributed by atoms with Crippen LogP contribution in [0.4, 0.5) is 0 Å². The van der Waals surface area contributed by atoms with E-state index in [1.807, 2.05) is 4.90 Å². The van der Waals surface area contributed by atoms with Gasteiger partial charge < -0.3 is 16.5 Å². The zero-order valence-electron chi connectivity index (χ0n) is 9.30. The van der Waals surface area contributed by atoms with Gasteiger partial charge in [-0.15, -0.1) is 5.11 Å². The number of piperidine rings is 1. The second-order valence-electron chi connectivity index (χ2n) is 3.72. The summed E-state index contributed by atoms with van der Waals surface area (Å²) in [5.74, 6) is 5.36. The van der Waals surface area contributed by atoms with Crippen LogP contribution < -0.4 is 11.6 Å². The lowest BCUT2D eigenvalue weighted by atomic mass is 10.1. The normalized spacial score (nSPS) is 21.3.